The molecule has 0 saturated carbocycles. The first-order valence-electron chi connectivity index (χ1n) is 5.93. The number of methoxy groups -OCH3 is 1. The largest absolute Gasteiger partial charge is 0.495 e. The van der Waals surface area contributed by atoms with Gasteiger partial charge in [-0.15, -0.1) is 0 Å². The summed E-state index contributed by atoms with van der Waals surface area (Å²) in [6.45, 7) is 0. The third kappa shape index (κ3) is 3.07. The molecule has 0 radical (unpaired) electrons. The van der Waals surface area contributed by atoms with E-state index in [1.54, 1.807) is 12.1 Å². The molecule has 3 N–H and O–H groups in total. The fourth-order valence-corrected chi connectivity index (χ4v) is 2.99. The SMILES string of the molecule is COc1cc(NS(=O)(=O)c2ccccc2C#N)ccc1N. The smallest absolute Gasteiger partial charge is 0.263 e. The molecule has 2 rings (SSSR count). The lowest BCUT2D eigenvalue weighted by Crippen LogP contribution is -2.14. The van der Waals surface area contributed by atoms with Crippen LogP contribution in [0.1, 0.15) is 5.56 Å². The Hall–Kier alpha value is -2.72. The second-order valence-corrected chi connectivity index (χ2v) is 5.82. The normalized spacial score (nSPS) is 10.7. The zero-order chi connectivity index (χ0) is 15.5. The maximum atomic E-state index is 12.3. The number of benzene rings is 2. The molecule has 0 saturated heterocycles. The van der Waals surface area contributed by atoms with E-state index in [4.69, 9.17) is 15.7 Å². The molecular formula is C14H13N3O3S. The Kier molecular flexibility index (Phi) is 4.00. The zero-order valence-corrected chi connectivity index (χ0v) is 12.0. The molecule has 21 heavy (non-hydrogen) atoms. The van der Waals surface area contributed by atoms with E-state index in [1.165, 1.54) is 37.4 Å². The van der Waals surface area contributed by atoms with E-state index in [-0.39, 0.29) is 10.5 Å². The summed E-state index contributed by atoms with van der Waals surface area (Å²) < 4.78 is 32.1. The summed E-state index contributed by atoms with van der Waals surface area (Å²) in [5.74, 6) is 0.365. The number of hydrogen-bond acceptors (Lipinski definition) is 5. The highest BCUT2D eigenvalue weighted by molar-refractivity contribution is 7.92. The van der Waals surface area contributed by atoms with E-state index in [0.717, 1.165) is 0 Å². The third-order valence-corrected chi connectivity index (χ3v) is 4.22. The van der Waals surface area contributed by atoms with Gasteiger partial charge in [-0.25, -0.2) is 8.42 Å². The molecule has 0 amide bonds. The van der Waals surface area contributed by atoms with Gasteiger partial charge in [-0.05, 0) is 24.3 Å². The van der Waals surface area contributed by atoms with Crippen LogP contribution in [0.15, 0.2) is 47.4 Å². The minimum Gasteiger partial charge on any atom is -0.495 e. The molecule has 0 aliphatic carbocycles. The average molecular weight is 303 g/mol. The van der Waals surface area contributed by atoms with E-state index < -0.39 is 10.0 Å². The fourth-order valence-electron chi connectivity index (χ4n) is 1.78. The summed E-state index contributed by atoms with van der Waals surface area (Å²) in [7, 11) is -2.42. The van der Waals surface area contributed by atoms with Crippen LogP contribution < -0.4 is 15.2 Å². The second kappa shape index (κ2) is 5.73. The highest BCUT2D eigenvalue weighted by Gasteiger charge is 2.18. The van der Waals surface area contributed by atoms with Gasteiger partial charge in [0, 0.05) is 6.07 Å². The van der Waals surface area contributed by atoms with Gasteiger partial charge in [-0.1, -0.05) is 12.1 Å². The van der Waals surface area contributed by atoms with Crippen molar-refractivity contribution in [3.63, 3.8) is 0 Å². The van der Waals surface area contributed by atoms with Gasteiger partial charge in [-0.2, -0.15) is 5.26 Å². The summed E-state index contributed by atoms with van der Waals surface area (Å²) >= 11 is 0. The molecule has 2 aromatic rings. The number of sulfonamides is 1. The van der Waals surface area contributed by atoms with Crippen LogP contribution in [0.5, 0.6) is 5.75 Å². The van der Waals surface area contributed by atoms with Crippen molar-refractivity contribution in [2.45, 2.75) is 4.90 Å². The van der Waals surface area contributed by atoms with E-state index in [0.29, 0.717) is 17.1 Å². The number of hydrogen-bond donors (Lipinski definition) is 2. The number of rotatable bonds is 4. The van der Waals surface area contributed by atoms with Crippen molar-refractivity contribution < 1.29 is 13.2 Å². The fraction of sp³-hybridized carbons (Fsp3) is 0.0714. The van der Waals surface area contributed by atoms with Gasteiger partial charge in [0.1, 0.15) is 16.7 Å². The maximum Gasteiger partial charge on any atom is 0.263 e. The molecule has 0 aliphatic rings. The molecule has 2 aromatic carbocycles. The molecule has 0 bridgehead atoms. The Morgan fingerprint density at radius 2 is 1.95 bits per heavy atom. The van der Waals surface area contributed by atoms with Crippen molar-refractivity contribution in [2.24, 2.45) is 0 Å². The number of nitrogen functional groups attached to an aromatic ring is 1. The topological polar surface area (TPSA) is 105 Å². The molecule has 0 fully saturated rings. The van der Waals surface area contributed by atoms with Gasteiger partial charge in [-0.3, -0.25) is 4.72 Å². The van der Waals surface area contributed by atoms with Crippen LogP contribution in [0.3, 0.4) is 0 Å². The lowest BCUT2D eigenvalue weighted by Gasteiger charge is -2.11. The van der Waals surface area contributed by atoms with E-state index >= 15 is 0 Å². The number of anilines is 2. The van der Waals surface area contributed by atoms with E-state index in [2.05, 4.69) is 4.72 Å². The first-order chi connectivity index (χ1) is 9.97. The molecule has 0 aromatic heterocycles. The molecule has 6 nitrogen and oxygen atoms in total. The summed E-state index contributed by atoms with van der Waals surface area (Å²) in [4.78, 5) is -0.0803. The van der Waals surface area contributed by atoms with Gasteiger partial charge in [0.25, 0.3) is 10.0 Å². The monoisotopic (exact) mass is 303 g/mol. The number of nitrogens with zero attached hydrogens (tertiary/aromatic N) is 1. The van der Waals surface area contributed by atoms with E-state index in [1.807, 2.05) is 6.07 Å². The molecule has 0 atom stereocenters. The van der Waals surface area contributed by atoms with Crippen LogP contribution in [0.2, 0.25) is 0 Å². The Bertz CT molecular complexity index is 810. The first kappa shape index (κ1) is 14.7. The third-order valence-electron chi connectivity index (χ3n) is 2.78. The first-order valence-corrected chi connectivity index (χ1v) is 7.41. The lowest BCUT2D eigenvalue weighted by molar-refractivity contribution is 0.417. The minimum atomic E-state index is -3.86. The lowest BCUT2D eigenvalue weighted by atomic mass is 10.2. The summed E-state index contributed by atoms with van der Waals surface area (Å²) in [6.07, 6.45) is 0. The Morgan fingerprint density at radius 3 is 2.62 bits per heavy atom. The summed E-state index contributed by atoms with van der Waals surface area (Å²) in [6, 6.07) is 12.4. The van der Waals surface area contributed by atoms with Crippen LogP contribution in [0, 0.1) is 11.3 Å². The molecule has 0 spiro atoms. The molecular weight excluding hydrogens is 290 g/mol. The molecule has 0 heterocycles. The molecule has 7 heteroatoms. The van der Waals surface area contributed by atoms with Gasteiger partial charge in [0.2, 0.25) is 0 Å². The second-order valence-electron chi connectivity index (χ2n) is 4.17. The van der Waals surface area contributed by atoms with Gasteiger partial charge in [0.15, 0.2) is 0 Å². The summed E-state index contributed by atoms with van der Waals surface area (Å²) in [5.41, 5.74) is 6.45. The molecule has 108 valence electrons. The zero-order valence-electron chi connectivity index (χ0n) is 11.2. The van der Waals surface area contributed by atoms with Crippen LogP contribution in [0.25, 0.3) is 0 Å². The highest BCUT2D eigenvalue weighted by Crippen LogP contribution is 2.27. The van der Waals surface area contributed by atoms with Crippen LogP contribution in [-0.2, 0) is 10.0 Å². The molecule has 0 unspecified atom stereocenters. The van der Waals surface area contributed by atoms with Crippen LogP contribution in [-0.4, -0.2) is 15.5 Å². The van der Waals surface area contributed by atoms with Crippen molar-refractivity contribution in [1.82, 2.24) is 0 Å². The van der Waals surface area contributed by atoms with Crippen molar-refractivity contribution >= 4 is 21.4 Å². The Balaban J connectivity index is 2.40. The number of ether oxygens (including phenoxy) is 1. The highest BCUT2D eigenvalue weighted by atomic mass is 32.2. The number of nitrogens with one attached hydrogen (secondary N) is 1. The molecule has 0 aliphatic heterocycles. The maximum absolute atomic E-state index is 12.3. The van der Waals surface area contributed by atoms with Crippen molar-refractivity contribution in [1.29, 1.82) is 5.26 Å². The summed E-state index contributed by atoms with van der Waals surface area (Å²) in [5, 5.41) is 8.99. The van der Waals surface area contributed by atoms with Crippen LogP contribution in [0.4, 0.5) is 11.4 Å². The Labute approximate surface area is 122 Å². The van der Waals surface area contributed by atoms with Crippen LogP contribution >= 0.6 is 0 Å². The van der Waals surface area contributed by atoms with Gasteiger partial charge >= 0.3 is 0 Å². The predicted octanol–water partition coefficient (Wildman–Crippen LogP) is 1.95. The van der Waals surface area contributed by atoms with Gasteiger partial charge in [0.05, 0.1) is 24.0 Å². The van der Waals surface area contributed by atoms with Crippen molar-refractivity contribution in [2.75, 3.05) is 17.6 Å². The number of nitriles is 1. The Morgan fingerprint density at radius 1 is 1.24 bits per heavy atom. The quantitative estimate of drug-likeness (QED) is 0.840. The van der Waals surface area contributed by atoms with Crippen molar-refractivity contribution in [3.8, 4) is 11.8 Å². The van der Waals surface area contributed by atoms with Gasteiger partial charge < -0.3 is 10.5 Å². The predicted molar refractivity (Wildman–Crippen MR) is 79.4 cm³/mol. The standard InChI is InChI=1S/C14H13N3O3S/c1-20-13-8-11(6-7-12(13)16)17-21(18,19)14-5-3-2-4-10(14)9-15/h2-8,17H,16H2,1H3. The van der Waals surface area contributed by atoms with Crippen molar-refractivity contribution in [3.05, 3.63) is 48.0 Å². The average Bonchev–Trinajstić information content (AvgIpc) is 2.49. The number of nitrogens with two attached hydrogens (primary N) is 1. The van der Waals surface area contributed by atoms with E-state index in [9.17, 15) is 8.42 Å². The minimum absolute atomic E-state index is 0.0763.